The second-order valence-corrected chi connectivity index (χ2v) is 8.41. The van der Waals surface area contributed by atoms with Gasteiger partial charge >= 0.3 is 0 Å². The summed E-state index contributed by atoms with van der Waals surface area (Å²) < 4.78 is 14.6. The Labute approximate surface area is 158 Å². The van der Waals surface area contributed by atoms with Crippen LogP contribution in [-0.2, 0) is 6.42 Å². The minimum Gasteiger partial charge on any atom is -0.343 e. The van der Waals surface area contributed by atoms with Gasteiger partial charge in [0.25, 0.3) is 0 Å². The molecule has 0 spiro atoms. The molecule has 4 nitrogen and oxygen atoms in total. The monoisotopic (exact) mass is 364 g/mol. The molecule has 0 aromatic carbocycles. The van der Waals surface area contributed by atoms with Crippen molar-refractivity contribution in [2.75, 3.05) is 0 Å². The standard InChI is InChI=1S/C22H25FN4/c1-12-14-5-7-15(8-6-14)17(12)10-19-18(23)11-25-22(27-19)20-13(2)26-21-16(20)4-3-9-24-21/h3-4,9,11-12,14-15,17H,5-8,10H2,1-2H3,(H,24,26). The van der Waals surface area contributed by atoms with E-state index in [1.807, 2.05) is 19.1 Å². The van der Waals surface area contributed by atoms with Gasteiger partial charge < -0.3 is 4.98 Å². The van der Waals surface area contributed by atoms with Gasteiger partial charge in [-0.3, -0.25) is 0 Å². The maximum Gasteiger partial charge on any atom is 0.163 e. The van der Waals surface area contributed by atoms with Crippen molar-refractivity contribution in [1.82, 2.24) is 19.9 Å². The zero-order valence-electron chi connectivity index (χ0n) is 15.9. The number of halogens is 1. The highest BCUT2D eigenvalue weighted by atomic mass is 19.1. The zero-order valence-corrected chi connectivity index (χ0v) is 15.9. The molecule has 0 aliphatic heterocycles. The highest BCUT2D eigenvalue weighted by Gasteiger charge is 2.41. The lowest BCUT2D eigenvalue weighted by Crippen LogP contribution is -2.39. The average Bonchev–Trinajstić information content (AvgIpc) is 3.02. The van der Waals surface area contributed by atoms with Crippen molar-refractivity contribution in [3.05, 3.63) is 41.7 Å². The van der Waals surface area contributed by atoms with Crippen LogP contribution >= 0.6 is 0 Å². The van der Waals surface area contributed by atoms with E-state index < -0.39 is 0 Å². The molecule has 3 aromatic heterocycles. The van der Waals surface area contributed by atoms with Crippen molar-refractivity contribution in [2.45, 2.75) is 46.0 Å². The lowest BCUT2D eigenvalue weighted by atomic mass is 9.58. The van der Waals surface area contributed by atoms with Gasteiger partial charge in [0, 0.05) is 22.8 Å². The van der Waals surface area contributed by atoms with E-state index in [0.717, 1.165) is 40.5 Å². The first-order valence-corrected chi connectivity index (χ1v) is 10.1. The third-order valence-electron chi connectivity index (χ3n) is 7.07. The molecule has 1 N–H and O–H groups in total. The largest absolute Gasteiger partial charge is 0.343 e. The van der Waals surface area contributed by atoms with E-state index in [1.54, 1.807) is 6.20 Å². The SMILES string of the molecule is Cc1[nH]c2ncccc2c1-c1ncc(F)c(CC2C3CCC(CC3)C2C)n1. The third kappa shape index (κ3) is 2.75. The summed E-state index contributed by atoms with van der Waals surface area (Å²) in [4.78, 5) is 16.7. The van der Waals surface area contributed by atoms with Crippen LogP contribution in [0, 0.1) is 36.4 Å². The van der Waals surface area contributed by atoms with E-state index in [4.69, 9.17) is 4.98 Å². The Kier molecular flexibility index (Phi) is 3.99. The van der Waals surface area contributed by atoms with Crippen molar-refractivity contribution in [1.29, 1.82) is 0 Å². The number of aromatic amines is 1. The number of hydrogen-bond acceptors (Lipinski definition) is 3. The minimum atomic E-state index is -0.275. The van der Waals surface area contributed by atoms with Crippen LogP contribution in [0.5, 0.6) is 0 Å². The topological polar surface area (TPSA) is 54.5 Å². The quantitative estimate of drug-likeness (QED) is 0.705. The van der Waals surface area contributed by atoms with Gasteiger partial charge in [-0.05, 0) is 74.8 Å². The summed E-state index contributed by atoms with van der Waals surface area (Å²) in [6, 6.07) is 3.92. The highest BCUT2D eigenvalue weighted by Crippen LogP contribution is 2.49. The summed E-state index contributed by atoms with van der Waals surface area (Å²) in [6.45, 7) is 4.35. The Balaban J connectivity index is 1.52. The summed E-state index contributed by atoms with van der Waals surface area (Å²) in [5.74, 6) is 3.06. The predicted octanol–water partition coefficient (Wildman–Crippen LogP) is 5.08. The molecule has 2 unspecified atom stereocenters. The van der Waals surface area contributed by atoms with Crippen LogP contribution in [0.4, 0.5) is 4.39 Å². The molecule has 3 aromatic rings. The molecule has 0 amide bonds. The fourth-order valence-electron chi connectivity index (χ4n) is 5.56. The Morgan fingerprint density at radius 2 is 1.93 bits per heavy atom. The van der Waals surface area contributed by atoms with E-state index in [2.05, 4.69) is 21.9 Å². The third-order valence-corrected chi connectivity index (χ3v) is 7.07. The van der Waals surface area contributed by atoms with Crippen LogP contribution in [0.3, 0.4) is 0 Å². The molecular formula is C22H25FN4. The van der Waals surface area contributed by atoms with E-state index in [0.29, 0.717) is 23.4 Å². The van der Waals surface area contributed by atoms with Crippen molar-refractivity contribution in [3.63, 3.8) is 0 Å². The average molecular weight is 364 g/mol. The normalized spacial score (nSPS) is 27.4. The van der Waals surface area contributed by atoms with Gasteiger partial charge in [0.2, 0.25) is 0 Å². The maximum absolute atomic E-state index is 14.6. The molecule has 0 radical (unpaired) electrons. The molecular weight excluding hydrogens is 339 g/mol. The van der Waals surface area contributed by atoms with Gasteiger partial charge in [0.1, 0.15) is 5.65 Å². The van der Waals surface area contributed by atoms with Gasteiger partial charge in [-0.1, -0.05) is 6.92 Å². The minimum absolute atomic E-state index is 0.275. The van der Waals surface area contributed by atoms with Crippen molar-refractivity contribution >= 4 is 11.0 Å². The zero-order chi connectivity index (χ0) is 18.5. The Bertz CT molecular complexity index is 985. The molecule has 2 atom stereocenters. The number of H-pyrrole nitrogens is 1. The number of aryl methyl sites for hydroxylation is 1. The molecule has 6 rings (SSSR count). The number of pyridine rings is 1. The molecule has 27 heavy (non-hydrogen) atoms. The maximum atomic E-state index is 14.6. The summed E-state index contributed by atoms with van der Waals surface area (Å²) >= 11 is 0. The van der Waals surface area contributed by atoms with Crippen LogP contribution in [-0.4, -0.2) is 19.9 Å². The fourth-order valence-corrected chi connectivity index (χ4v) is 5.56. The molecule has 3 aliphatic rings. The van der Waals surface area contributed by atoms with E-state index in [-0.39, 0.29) is 5.82 Å². The summed E-state index contributed by atoms with van der Waals surface area (Å²) in [5, 5.41) is 0.984. The van der Waals surface area contributed by atoms with Gasteiger partial charge in [-0.25, -0.2) is 19.3 Å². The Morgan fingerprint density at radius 1 is 1.15 bits per heavy atom. The van der Waals surface area contributed by atoms with E-state index in [1.165, 1.54) is 31.9 Å². The number of nitrogens with zero attached hydrogens (tertiary/aromatic N) is 3. The molecule has 3 fully saturated rings. The first-order valence-electron chi connectivity index (χ1n) is 10.1. The van der Waals surface area contributed by atoms with Crippen LogP contribution in [0.15, 0.2) is 24.5 Å². The molecule has 140 valence electrons. The van der Waals surface area contributed by atoms with Gasteiger partial charge in [-0.2, -0.15) is 0 Å². The molecule has 2 bridgehead atoms. The van der Waals surface area contributed by atoms with Crippen LogP contribution in [0.1, 0.15) is 44.0 Å². The molecule has 3 heterocycles. The van der Waals surface area contributed by atoms with Crippen LogP contribution in [0.25, 0.3) is 22.4 Å². The first kappa shape index (κ1) is 16.8. The predicted molar refractivity (Wildman–Crippen MR) is 104 cm³/mol. The number of nitrogens with one attached hydrogen (secondary N) is 1. The van der Waals surface area contributed by atoms with Crippen molar-refractivity contribution in [2.24, 2.45) is 23.7 Å². The van der Waals surface area contributed by atoms with Gasteiger partial charge in [-0.15, -0.1) is 0 Å². The smallest absolute Gasteiger partial charge is 0.163 e. The molecule has 5 heteroatoms. The molecule has 3 aliphatic carbocycles. The van der Waals surface area contributed by atoms with Gasteiger partial charge in [0.05, 0.1) is 11.9 Å². The van der Waals surface area contributed by atoms with E-state index in [9.17, 15) is 4.39 Å². The van der Waals surface area contributed by atoms with E-state index >= 15 is 0 Å². The number of aromatic nitrogens is 4. The summed E-state index contributed by atoms with van der Waals surface area (Å²) in [6.07, 6.45) is 9.13. The second-order valence-electron chi connectivity index (χ2n) is 8.41. The van der Waals surface area contributed by atoms with Crippen LogP contribution in [0.2, 0.25) is 0 Å². The van der Waals surface area contributed by atoms with Gasteiger partial charge in [0.15, 0.2) is 11.6 Å². The second kappa shape index (κ2) is 6.39. The number of fused-ring (bicyclic) bond motifs is 4. The highest BCUT2D eigenvalue weighted by molar-refractivity contribution is 5.93. The number of hydrogen-bond donors (Lipinski definition) is 1. The fraction of sp³-hybridized carbons (Fsp3) is 0.500. The Morgan fingerprint density at radius 3 is 2.70 bits per heavy atom. The Hall–Kier alpha value is -2.30. The summed E-state index contributed by atoms with van der Waals surface area (Å²) in [5.41, 5.74) is 3.28. The van der Waals surface area contributed by atoms with Crippen molar-refractivity contribution < 1.29 is 4.39 Å². The van der Waals surface area contributed by atoms with Crippen LogP contribution < -0.4 is 0 Å². The lowest BCUT2D eigenvalue weighted by molar-refractivity contribution is 0.0334. The summed E-state index contributed by atoms with van der Waals surface area (Å²) in [7, 11) is 0. The van der Waals surface area contributed by atoms with Crippen molar-refractivity contribution in [3.8, 4) is 11.4 Å². The lowest BCUT2D eigenvalue weighted by Gasteiger charge is -2.47. The number of rotatable bonds is 3. The first-order chi connectivity index (χ1) is 13.1. The molecule has 3 saturated carbocycles. The molecule has 0 saturated heterocycles.